The normalized spacial score (nSPS) is 13.7. The Balaban J connectivity index is 1.97. The molecule has 6 nitrogen and oxygen atoms in total. The monoisotopic (exact) mass is 300 g/mol. The highest BCUT2D eigenvalue weighted by Crippen LogP contribution is 2.36. The molecule has 21 heavy (non-hydrogen) atoms. The fraction of sp³-hybridized carbons (Fsp3) is 0.286. The summed E-state index contributed by atoms with van der Waals surface area (Å²) < 4.78 is 8.39. The molecule has 0 saturated heterocycles. The van der Waals surface area contributed by atoms with Gasteiger partial charge in [0.05, 0.1) is 11.6 Å². The number of nitriles is 1. The van der Waals surface area contributed by atoms with Gasteiger partial charge in [0.1, 0.15) is 10.7 Å². The molecule has 0 atom stereocenters. The van der Waals surface area contributed by atoms with E-state index in [0.717, 1.165) is 12.8 Å². The molecule has 0 radical (unpaired) electrons. The number of rotatable bonds is 3. The number of ether oxygens (including phenoxy) is 1. The maximum Gasteiger partial charge on any atom is 0.354 e. The van der Waals surface area contributed by atoms with Gasteiger partial charge >= 0.3 is 11.7 Å². The molecular formula is C14H12N4O2S. The molecule has 0 aliphatic heterocycles. The van der Waals surface area contributed by atoms with Crippen LogP contribution in [0.15, 0.2) is 29.1 Å². The fourth-order valence-corrected chi connectivity index (χ4v) is 2.10. The van der Waals surface area contributed by atoms with E-state index >= 15 is 0 Å². The third-order valence-electron chi connectivity index (χ3n) is 3.18. The standard InChI is InChI=1S/C14H12N4O2S/c1-9(21)18-14(19)17(11-4-5-11)13(16-18)20-12-6-2-10(8-15)3-7-12/h2-3,6-7,11H,4-5H2,1H3. The molecule has 106 valence electrons. The van der Waals surface area contributed by atoms with Crippen LogP contribution in [-0.4, -0.2) is 19.3 Å². The zero-order chi connectivity index (χ0) is 15.0. The molecule has 1 aromatic heterocycles. The van der Waals surface area contributed by atoms with Gasteiger partial charge in [-0.3, -0.25) is 0 Å². The van der Waals surface area contributed by atoms with Crippen LogP contribution in [0.1, 0.15) is 31.4 Å². The van der Waals surface area contributed by atoms with Crippen molar-refractivity contribution in [1.82, 2.24) is 14.3 Å². The number of hydrogen-bond donors (Lipinski definition) is 0. The molecule has 1 heterocycles. The Hall–Kier alpha value is -2.46. The summed E-state index contributed by atoms with van der Waals surface area (Å²) in [5.41, 5.74) is 0.274. The van der Waals surface area contributed by atoms with Crippen LogP contribution in [0, 0.1) is 11.3 Å². The van der Waals surface area contributed by atoms with Crippen molar-refractivity contribution in [2.45, 2.75) is 25.8 Å². The molecule has 0 bridgehead atoms. The Kier molecular flexibility index (Phi) is 3.31. The van der Waals surface area contributed by atoms with E-state index in [1.54, 1.807) is 31.2 Å². The second-order valence-electron chi connectivity index (χ2n) is 4.84. The maximum atomic E-state index is 12.3. The van der Waals surface area contributed by atoms with Crippen LogP contribution in [0.25, 0.3) is 0 Å². The highest BCUT2D eigenvalue weighted by molar-refractivity contribution is 7.80. The second-order valence-corrected chi connectivity index (χ2v) is 5.43. The zero-order valence-electron chi connectivity index (χ0n) is 11.3. The van der Waals surface area contributed by atoms with Gasteiger partial charge < -0.3 is 4.74 Å². The van der Waals surface area contributed by atoms with Crippen LogP contribution in [0.2, 0.25) is 0 Å². The van der Waals surface area contributed by atoms with Crippen molar-refractivity contribution in [3.05, 3.63) is 40.3 Å². The molecule has 3 rings (SSSR count). The van der Waals surface area contributed by atoms with Crippen molar-refractivity contribution in [3.63, 3.8) is 0 Å². The van der Waals surface area contributed by atoms with E-state index in [9.17, 15) is 4.79 Å². The van der Waals surface area contributed by atoms with Crippen LogP contribution >= 0.6 is 12.2 Å². The lowest BCUT2D eigenvalue weighted by atomic mass is 10.2. The van der Waals surface area contributed by atoms with Gasteiger partial charge in [-0.15, -0.1) is 5.10 Å². The summed E-state index contributed by atoms with van der Waals surface area (Å²) >= 11 is 5.02. The smallest absolute Gasteiger partial charge is 0.354 e. The first-order valence-corrected chi connectivity index (χ1v) is 6.91. The molecule has 0 spiro atoms. The lowest BCUT2D eigenvalue weighted by Gasteiger charge is -2.05. The van der Waals surface area contributed by atoms with E-state index in [1.165, 1.54) is 9.25 Å². The third kappa shape index (κ3) is 2.58. The van der Waals surface area contributed by atoms with E-state index < -0.39 is 0 Å². The first-order chi connectivity index (χ1) is 10.1. The lowest BCUT2D eigenvalue weighted by molar-refractivity contribution is 0.408. The summed E-state index contributed by atoms with van der Waals surface area (Å²) in [6.07, 6.45) is 1.87. The van der Waals surface area contributed by atoms with Gasteiger partial charge in [0.25, 0.3) is 0 Å². The molecule has 0 amide bonds. The van der Waals surface area contributed by atoms with Crippen LogP contribution in [0.3, 0.4) is 0 Å². The second kappa shape index (κ2) is 5.14. The summed E-state index contributed by atoms with van der Waals surface area (Å²) in [7, 11) is 0. The van der Waals surface area contributed by atoms with E-state index in [4.69, 9.17) is 22.2 Å². The topological polar surface area (TPSA) is 72.8 Å². The Labute approximate surface area is 126 Å². The van der Waals surface area contributed by atoms with Crippen molar-refractivity contribution >= 4 is 17.2 Å². The molecular weight excluding hydrogens is 288 g/mol. The number of thiocarbonyl (C=S) groups is 1. The first kappa shape index (κ1) is 13.5. The zero-order valence-corrected chi connectivity index (χ0v) is 12.1. The largest absolute Gasteiger partial charge is 0.424 e. The molecule has 2 aromatic rings. The first-order valence-electron chi connectivity index (χ1n) is 6.50. The van der Waals surface area contributed by atoms with Gasteiger partial charge in [0, 0.05) is 6.04 Å². The van der Waals surface area contributed by atoms with Gasteiger partial charge in [0.15, 0.2) is 0 Å². The molecule has 1 saturated carbocycles. The van der Waals surface area contributed by atoms with Crippen molar-refractivity contribution < 1.29 is 4.74 Å². The van der Waals surface area contributed by atoms with Crippen molar-refractivity contribution in [1.29, 1.82) is 5.26 Å². The highest BCUT2D eigenvalue weighted by Gasteiger charge is 2.31. The summed E-state index contributed by atoms with van der Waals surface area (Å²) in [4.78, 5) is 12.6. The average Bonchev–Trinajstić information content (AvgIpc) is 3.24. The number of aromatic nitrogens is 3. The van der Waals surface area contributed by atoms with Gasteiger partial charge in [-0.2, -0.15) is 9.94 Å². The Morgan fingerprint density at radius 2 is 2.10 bits per heavy atom. The predicted octanol–water partition coefficient (Wildman–Crippen LogP) is 2.24. The summed E-state index contributed by atoms with van der Waals surface area (Å²) in [5, 5.41) is 12.9. The van der Waals surface area contributed by atoms with Gasteiger partial charge in [-0.1, -0.05) is 12.2 Å². The Morgan fingerprint density at radius 1 is 1.43 bits per heavy atom. The van der Waals surface area contributed by atoms with E-state index in [-0.39, 0.29) is 17.7 Å². The summed E-state index contributed by atoms with van der Waals surface area (Å²) in [6, 6.07) is 9.04. The fourth-order valence-electron chi connectivity index (χ4n) is 1.98. The molecule has 0 N–H and O–H groups in total. The van der Waals surface area contributed by atoms with Gasteiger partial charge in [-0.05, 0) is 44.0 Å². The maximum absolute atomic E-state index is 12.3. The molecule has 1 fully saturated rings. The van der Waals surface area contributed by atoms with Crippen LogP contribution < -0.4 is 10.4 Å². The molecule has 1 aliphatic carbocycles. The summed E-state index contributed by atoms with van der Waals surface area (Å²) in [5.74, 6) is 0.523. The molecule has 1 aliphatic rings. The quantitative estimate of drug-likeness (QED) is 0.813. The lowest BCUT2D eigenvalue weighted by Crippen LogP contribution is -2.27. The summed E-state index contributed by atoms with van der Waals surface area (Å²) in [6.45, 7) is 1.65. The third-order valence-corrected chi connectivity index (χ3v) is 3.35. The average molecular weight is 300 g/mol. The highest BCUT2D eigenvalue weighted by atomic mass is 32.1. The Bertz CT molecular complexity index is 794. The van der Waals surface area contributed by atoms with Crippen molar-refractivity contribution in [2.75, 3.05) is 0 Å². The molecule has 7 heteroatoms. The van der Waals surface area contributed by atoms with E-state index in [1.807, 2.05) is 6.07 Å². The predicted molar refractivity (Wildman–Crippen MR) is 79.7 cm³/mol. The van der Waals surface area contributed by atoms with Crippen LogP contribution in [0.4, 0.5) is 0 Å². The SMILES string of the molecule is CC(=S)n1nc(Oc2ccc(C#N)cc2)n(C2CC2)c1=O. The number of benzene rings is 1. The van der Waals surface area contributed by atoms with Crippen molar-refractivity contribution in [3.8, 4) is 17.8 Å². The van der Waals surface area contributed by atoms with E-state index in [2.05, 4.69) is 5.10 Å². The van der Waals surface area contributed by atoms with Crippen molar-refractivity contribution in [2.24, 2.45) is 0 Å². The minimum Gasteiger partial charge on any atom is -0.424 e. The van der Waals surface area contributed by atoms with Gasteiger partial charge in [0.2, 0.25) is 0 Å². The van der Waals surface area contributed by atoms with Gasteiger partial charge in [-0.25, -0.2) is 9.36 Å². The number of hydrogen-bond acceptors (Lipinski definition) is 5. The Morgan fingerprint density at radius 3 is 2.62 bits per heavy atom. The van der Waals surface area contributed by atoms with Crippen LogP contribution in [-0.2, 0) is 0 Å². The molecule has 0 unspecified atom stereocenters. The van der Waals surface area contributed by atoms with Crippen LogP contribution in [0.5, 0.6) is 11.8 Å². The number of nitrogens with zero attached hydrogens (tertiary/aromatic N) is 4. The minimum atomic E-state index is -0.270. The molecule has 1 aromatic carbocycles. The minimum absolute atomic E-state index is 0.133. The van der Waals surface area contributed by atoms with E-state index in [0.29, 0.717) is 16.3 Å².